The molecule has 0 unspecified atom stereocenters. The molecule has 0 spiro atoms. The van der Waals surface area contributed by atoms with E-state index in [1.165, 1.54) is 0 Å². The van der Waals surface area contributed by atoms with Crippen molar-refractivity contribution < 1.29 is 5.11 Å². The number of aliphatic hydroxyl groups excluding tert-OH is 1. The highest BCUT2D eigenvalue weighted by Gasteiger charge is 2.05. The lowest BCUT2D eigenvalue weighted by Gasteiger charge is -2.07. The van der Waals surface area contributed by atoms with Gasteiger partial charge in [0.1, 0.15) is 12.2 Å². The molecule has 15 heavy (non-hydrogen) atoms. The van der Waals surface area contributed by atoms with Crippen LogP contribution in [0.25, 0.3) is 5.69 Å². The number of nitrogen functional groups attached to an aromatic ring is 1. The standard InChI is InChI=1S/C10H12N4O/c1-7-12-6-14(13-7)10-3-2-9(11)4-8(10)5-15/h2-4,6,15H,5,11H2,1H3. The molecule has 0 saturated heterocycles. The molecule has 5 nitrogen and oxygen atoms in total. The zero-order valence-electron chi connectivity index (χ0n) is 8.38. The molecular formula is C10H12N4O. The Morgan fingerprint density at radius 2 is 2.27 bits per heavy atom. The van der Waals surface area contributed by atoms with Gasteiger partial charge in [-0.15, -0.1) is 0 Å². The molecule has 0 amide bonds. The average molecular weight is 204 g/mol. The van der Waals surface area contributed by atoms with Gasteiger partial charge < -0.3 is 10.8 Å². The van der Waals surface area contributed by atoms with E-state index >= 15 is 0 Å². The van der Waals surface area contributed by atoms with Crippen LogP contribution in [0.3, 0.4) is 0 Å². The van der Waals surface area contributed by atoms with Gasteiger partial charge in [-0.1, -0.05) is 0 Å². The summed E-state index contributed by atoms with van der Waals surface area (Å²) in [6.07, 6.45) is 1.61. The van der Waals surface area contributed by atoms with Gasteiger partial charge in [0.15, 0.2) is 0 Å². The zero-order chi connectivity index (χ0) is 10.8. The Labute approximate surface area is 87.2 Å². The molecule has 2 rings (SSSR count). The van der Waals surface area contributed by atoms with Gasteiger partial charge in [-0.3, -0.25) is 0 Å². The minimum absolute atomic E-state index is 0.0702. The van der Waals surface area contributed by atoms with E-state index in [2.05, 4.69) is 10.1 Å². The van der Waals surface area contributed by atoms with Gasteiger partial charge in [-0.2, -0.15) is 5.10 Å². The maximum Gasteiger partial charge on any atom is 0.147 e. The normalized spacial score (nSPS) is 10.5. The Hall–Kier alpha value is -1.88. The minimum Gasteiger partial charge on any atom is -0.399 e. The summed E-state index contributed by atoms with van der Waals surface area (Å²) in [5.41, 5.74) is 7.79. The van der Waals surface area contributed by atoms with Gasteiger partial charge in [0.25, 0.3) is 0 Å². The van der Waals surface area contributed by atoms with Crippen LogP contribution < -0.4 is 5.73 Å². The summed E-state index contributed by atoms with van der Waals surface area (Å²) in [5.74, 6) is 0.690. The van der Waals surface area contributed by atoms with E-state index in [1.54, 1.807) is 23.1 Å². The number of nitrogens with two attached hydrogens (primary N) is 1. The van der Waals surface area contributed by atoms with Crippen LogP contribution in [0.4, 0.5) is 5.69 Å². The molecule has 78 valence electrons. The number of aryl methyl sites for hydroxylation is 1. The summed E-state index contributed by atoms with van der Waals surface area (Å²) < 4.78 is 1.63. The molecule has 0 aliphatic heterocycles. The second-order valence-electron chi connectivity index (χ2n) is 3.28. The van der Waals surface area contributed by atoms with Gasteiger partial charge in [-0.25, -0.2) is 9.67 Å². The van der Waals surface area contributed by atoms with Gasteiger partial charge in [0.05, 0.1) is 12.3 Å². The molecule has 0 saturated carbocycles. The number of nitrogens with zero attached hydrogens (tertiary/aromatic N) is 3. The van der Waals surface area contributed by atoms with Crippen LogP contribution in [0.2, 0.25) is 0 Å². The molecule has 0 radical (unpaired) electrons. The third kappa shape index (κ3) is 1.82. The van der Waals surface area contributed by atoms with Crippen LogP contribution in [0.1, 0.15) is 11.4 Å². The fraction of sp³-hybridized carbons (Fsp3) is 0.200. The number of aromatic nitrogens is 3. The van der Waals surface area contributed by atoms with Crippen molar-refractivity contribution >= 4 is 5.69 Å². The largest absolute Gasteiger partial charge is 0.399 e. The van der Waals surface area contributed by atoms with Crippen molar-refractivity contribution in [2.75, 3.05) is 5.73 Å². The highest BCUT2D eigenvalue weighted by Crippen LogP contribution is 2.17. The summed E-state index contributed by atoms with van der Waals surface area (Å²) in [6.45, 7) is 1.74. The van der Waals surface area contributed by atoms with Crippen molar-refractivity contribution in [3.05, 3.63) is 35.9 Å². The molecular weight excluding hydrogens is 192 g/mol. The first kappa shape index (κ1) is 9.67. The Balaban J connectivity index is 2.52. The topological polar surface area (TPSA) is 77.0 Å². The van der Waals surface area contributed by atoms with Crippen LogP contribution in [0, 0.1) is 6.92 Å². The maximum atomic E-state index is 9.19. The molecule has 0 aliphatic rings. The van der Waals surface area contributed by atoms with E-state index < -0.39 is 0 Å². The van der Waals surface area contributed by atoms with E-state index in [0.29, 0.717) is 11.5 Å². The van der Waals surface area contributed by atoms with Crippen molar-refractivity contribution in [1.29, 1.82) is 0 Å². The summed E-state index contributed by atoms with van der Waals surface area (Å²) in [4.78, 5) is 4.03. The Morgan fingerprint density at radius 3 is 2.87 bits per heavy atom. The Bertz CT molecular complexity index is 478. The molecule has 1 aromatic carbocycles. The SMILES string of the molecule is Cc1ncn(-c2ccc(N)cc2CO)n1. The van der Waals surface area contributed by atoms with E-state index in [-0.39, 0.29) is 6.61 Å². The van der Waals surface area contributed by atoms with E-state index in [4.69, 9.17) is 5.73 Å². The van der Waals surface area contributed by atoms with Crippen molar-refractivity contribution in [3.63, 3.8) is 0 Å². The van der Waals surface area contributed by atoms with Crippen LogP contribution in [-0.2, 0) is 6.61 Å². The third-order valence-corrected chi connectivity index (χ3v) is 2.13. The van der Waals surface area contributed by atoms with Crippen LogP contribution >= 0.6 is 0 Å². The molecule has 0 bridgehead atoms. The van der Waals surface area contributed by atoms with E-state index in [9.17, 15) is 5.11 Å². The second-order valence-corrected chi connectivity index (χ2v) is 3.28. The number of aliphatic hydroxyl groups is 1. The summed E-state index contributed by atoms with van der Waals surface area (Å²) in [5, 5.41) is 13.4. The van der Waals surface area contributed by atoms with E-state index in [0.717, 1.165) is 11.3 Å². The van der Waals surface area contributed by atoms with Crippen LogP contribution in [-0.4, -0.2) is 19.9 Å². The molecule has 5 heteroatoms. The molecule has 0 aliphatic carbocycles. The molecule has 0 fully saturated rings. The lowest BCUT2D eigenvalue weighted by molar-refractivity contribution is 0.281. The number of hydrogen-bond acceptors (Lipinski definition) is 4. The number of benzene rings is 1. The number of rotatable bonds is 2. The lowest BCUT2D eigenvalue weighted by Crippen LogP contribution is -2.01. The first-order valence-electron chi connectivity index (χ1n) is 4.58. The number of hydrogen-bond donors (Lipinski definition) is 2. The molecule has 2 aromatic rings. The van der Waals surface area contributed by atoms with Gasteiger partial charge >= 0.3 is 0 Å². The van der Waals surface area contributed by atoms with Crippen molar-refractivity contribution in [3.8, 4) is 5.69 Å². The highest BCUT2D eigenvalue weighted by atomic mass is 16.3. The minimum atomic E-state index is -0.0702. The fourth-order valence-corrected chi connectivity index (χ4v) is 1.42. The monoisotopic (exact) mass is 204 g/mol. The second kappa shape index (κ2) is 3.70. The third-order valence-electron chi connectivity index (χ3n) is 2.13. The van der Waals surface area contributed by atoms with Crippen LogP contribution in [0.5, 0.6) is 0 Å². The van der Waals surface area contributed by atoms with Gasteiger partial charge in [0, 0.05) is 11.3 Å². The van der Waals surface area contributed by atoms with Crippen molar-refractivity contribution in [1.82, 2.24) is 14.8 Å². The smallest absolute Gasteiger partial charge is 0.147 e. The van der Waals surface area contributed by atoms with Crippen LogP contribution in [0.15, 0.2) is 24.5 Å². The quantitative estimate of drug-likeness (QED) is 0.704. The fourth-order valence-electron chi connectivity index (χ4n) is 1.42. The predicted octanol–water partition coefficient (Wildman–Crippen LogP) is 0.650. The number of anilines is 1. The average Bonchev–Trinajstić information content (AvgIpc) is 2.64. The zero-order valence-corrected chi connectivity index (χ0v) is 8.38. The molecule has 3 N–H and O–H groups in total. The first-order chi connectivity index (χ1) is 7.20. The first-order valence-corrected chi connectivity index (χ1v) is 4.58. The summed E-state index contributed by atoms with van der Waals surface area (Å²) in [6, 6.07) is 5.31. The Morgan fingerprint density at radius 1 is 1.47 bits per heavy atom. The summed E-state index contributed by atoms with van der Waals surface area (Å²) >= 11 is 0. The Kier molecular flexibility index (Phi) is 2.39. The highest BCUT2D eigenvalue weighted by molar-refractivity contribution is 5.50. The molecule has 0 atom stereocenters. The lowest BCUT2D eigenvalue weighted by atomic mass is 10.1. The van der Waals surface area contributed by atoms with Crippen molar-refractivity contribution in [2.24, 2.45) is 0 Å². The summed E-state index contributed by atoms with van der Waals surface area (Å²) in [7, 11) is 0. The predicted molar refractivity (Wildman–Crippen MR) is 56.4 cm³/mol. The van der Waals surface area contributed by atoms with Gasteiger partial charge in [-0.05, 0) is 25.1 Å². The van der Waals surface area contributed by atoms with Crippen molar-refractivity contribution in [2.45, 2.75) is 13.5 Å². The maximum absolute atomic E-state index is 9.19. The van der Waals surface area contributed by atoms with E-state index in [1.807, 2.05) is 13.0 Å². The molecule has 1 aromatic heterocycles. The van der Waals surface area contributed by atoms with Gasteiger partial charge in [0.2, 0.25) is 0 Å². The molecule has 1 heterocycles.